The average Bonchev–Trinajstić information content (AvgIpc) is 2.84. The van der Waals surface area contributed by atoms with Gasteiger partial charge in [0.25, 0.3) is 0 Å². The molecule has 8 nitrogen and oxygen atoms in total. The van der Waals surface area contributed by atoms with E-state index in [1.54, 1.807) is 30.3 Å². The number of benzene rings is 1. The molecule has 10 heteroatoms. The Morgan fingerprint density at radius 1 is 1.25 bits per heavy atom. The number of anilines is 1. The van der Waals surface area contributed by atoms with Gasteiger partial charge in [-0.1, -0.05) is 18.2 Å². The van der Waals surface area contributed by atoms with Gasteiger partial charge in [0.15, 0.2) is 9.84 Å². The van der Waals surface area contributed by atoms with E-state index < -0.39 is 38.5 Å². The number of hydrogen-bond donors (Lipinski definition) is 1. The third kappa shape index (κ3) is 4.46. The SMILES string of the molecule is CN(C)S(=O)(=O)N(CC(=O)NC1CCS(=O)(=O)C1)c1ccccc1. The van der Waals surface area contributed by atoms with Crippen molar-refractivity contribution in [2.75, 3.05) is 36.5 Å². The molecule has 1 unspecified atom stereocenters. The van der Waals surface area contributed by atoms with Crippen molar-refractivity contribution in [3.05, 3.63) is 30.3 Å². The molecule has 1 saturated heterocycles. The number of rotatable bonds is 6. The predicted octanol–water partition coefficient (Wildman–Crippen LogP) is -0.397. The maximum Gasteiger partial charge on any atom is 0.304 e. The standard InChI is InChI=1S/C14H21N3O5S2/c1-16(2)24(21,22)17(13-6-4-3-5-7-13)10-14(18)15-12-8-9-23(19,20)11-12/h3-7,12H,8-11H2,1-2H3,(H,15,18). The van der Waals surface area contributed by atoms with Crippen LogP contribution in [0.5, 0.6) is 0 Å². The van der Waals surface area contributed by atoms with Gasteiger partial charge in [-0.2, -0.15) is 12.7 Å². The topological polar surface area (TPSA) is 104 Å². The van der Waals surface area contributed by atoms with Crippen LogP contribution in [0, 0.1) is 0 Å². The lowest BCUT2D eigenvalue weighted by atomic mass is 10.2. The molecule has 1 aromatic rings. The summed E-state index contributed by atoms with van der Waals surface area (Å²) >= 11 is 0. The molecular weight excluding hydrogens is 354 g/mol. The highest BCUT2D eigenvalue weighted by atomic mass is 32.2. The number of amides is 1. The van der Waals surface area contributed by atoms with Crippen molar-refractivity contribution in [1.29, 1.82) is 0 Å². The Labute approximate surface area is 142 Å². The van der Waals surface area contributed by atoms with E-state index in [1.165, 1.54) is 14.1 Å². The number of sulfone groups is 1. The molecule has 1 aliphatic rings. The molecule has 0 saturated carbocycles. The molecule has 1 fully saturated rings. The van der Waals surface area contributed by atoms with E-state index in [4.69, 9.17) is 0 Å². The molecule has 0 radical (unpaired) electrons. The van der Waals surface area contributed by atoms with Gasteiger partial charge in [-0.05, 0) is 18.6 Å². The minimum absolute atomic E-state index is 0.0380. The van der Waals surface area contributed by atoms with Crippen LogP contribution >= 0.6 is 0 Å². The lowest BCUT2D eigenvalue weighted by Crippen LogP contribution is -2.48. The van der Waals surface area contributed by atoms with Crippen LogP contribution in [0.15, 0.2) is 30.3 Å². The van der Waals surface area contributed by atoms with Crippen LogP contribution in [0.3, 0.4) is 0 Å². The van der Waals surface area contributed by atoms with E-state index in [9.17, 15) is 21.6 Å². The normalized spacial score (nSPS) is 20.0. The van der Waals surface area contributed by atoms with Gasteiger partial charge in [-0.3, -0.25) is 4.79 Å². The minimum atomic E-state index is -3.86. The highest BCUT2D eigenvalue weighted by Crippen LogP contribution is 2.19. The number of nitrogens with one attached hydrogen (secondary N) is 1. The van der Waals surface area contributed by atoms with Crippen molar-refractivity contribution in [2.24, 2.45) is 0 Å². The molecule has 0 bridgehead atoms. The molecular formula is C14H21N3O5S2. The van der Waals surface area contributed by atoms with Crippen molar-refractivity contribution in [1.82, 2.24) is 9.62 Å². The van der Waals surface area contributed by atoms with Crippen LogP contribution in [0.4, 0.5) is 5.69 Å². The zero-order valence-electron chi connectivity index (χ0n) is 13.5. The molecule has 0 aliphatic carbocycles. The lowest BCUT2D eigenvalue weighted by molar-refractivity contribution is -0.120. The second-order valence-electron chi connectivity index (χ2n) is 5.80. The fraction of sp³-hybridized carbons (Fsp3) is 0.500. The summed E-state index contributed by atoms with van der Waals surface area (Å²) in [6.45, 7) is -0.416. The Balaban J connectivity index is 2.16. The predicted molar refractivity (Wildman–Crippen MR) is 91.6 cm³/mol. The van der Waals surface area contributed by atoms with Gasteiger partial charge in [-0.25, -0.2) is 12.7 Å². The van der Waals surface area contributed by atoms with Crippen LogP contribution in [0.1, 0.15) is 6.42 Å². The number of hydrogen-bond acceptors (Lipinski definition) is 5. The summed E-state index contributed by atoms with van der Waals surface area (Å²) in [7, 11) is -4.21. The summed E-state index contributed by atoms with van der Waals surface area (Å²) in [6.07, 6.45) is 0.347. The summed E-state index contributed by atoms with van der Waals surface area (Å²) in [6, 6.07) is 7.81. The fourth-order valence-corrected chi connectivity index (χ4v) is 5.15. The van der Waals surface area contributed by atoms with E-state index in [0.29, 0.717) is 12.1 Å². The van der Waals surface area contributed by atoms with Crippen molar-refractivity contribution in [3.8, 4) is 0 Å². The van der Waals surface area contributed by atoms with Gasteiger partial charge in [0, 0.05) is 20.1 Å². The van der Waals surface area contributed by atoms with Gasteiger partial charge in [0.05, 0.1) is 17.2 Å². The second kappa shape index (κ2) is 7.08. The monoisotopic (exact) mass is 375 g/mol. The molecule has 2 rings (SSSR count). The fourth-order valence-electron chi connectivity index (χ4n) is 2.41. The first-order valence-electron chi connectivity index (χ1n) is 7.37. The van der Waals surface area contributed by atoms with Crippen LogP contribution in [0.25, 0.3) is 0 Å². The van der Waals surface area contributed by atoms with Crippen LogP contribution in [-0.2, 0) is 24.8 Å². The molecule has 1 heterocycles. The van der Waals surface area contributed by atoms with Gasteiger partial charge in [-0.15, -0.1) is 0 Å². The third-order valence-electron chi connectivity index (χ3n) is 3.67. The molecule has 1 N–H and O–H groups in total. The maximum absolute atomic E-state index is 12.5. The van der Waals surface area contributed by atoms with E-state index in [2.05, 4.69) is 5.32 Å². The first-order chi connectivity index (χ1) is 11.1. The van der Waals surface area contributed by atoms with Gasteiger partial charge in [0.2, 0.25) is 5.91 Å². The van der Waals surface area contributed by atoms with Crippen LogP contribution in [0.2, 0.25) is 0 Å². The molecule has 0 aromatic heterocycles. The number of para-hydroxylation sites is 1. The number of carbonyl (C=O) groups excluding carboxylic acids is 1. The van der Waals surface area contributed by atoms with Gasteiger partial charge < -0.3 is 5.32 Å². The largest absolute Gasteiger partial charge is 0.351 e. The highest BCUT2D eigenvalue weighted by Gasteiger charge is 2.31. The Morgan fingerprint density at radius 2 is 1.88 bits per heavy atom. The number of nitrogens with zero attached hydrogens (tertiary/aromatic N) is 2. The van der Waals surface area contributed by atoms with Crippen molar-refractivity contribution >= 4 is 31.6 Å². The molecule has 1 atom stereocenters. The Hall–Kier alpha value is -1.65. The van der Waals surface area contributed by atoms with Crippen molar-refractivity contribution in [3.63, 3.8) is 0 Å². The first-order valence-corrected chi connectivity index (χ1v) is 10.6. The minimum Gasteiger partial charge on any atom is -0.351 e. The van der Waals surface area contributed by atoms with Crippen molar-refractivity contribution in [2.45, 2.75) is 12.5 Å². The Morgan fingerprint density at radius 3 is 2.38 bits per heavy atom. The molecule has 24 heavy (non-hydrogen) atoms. The summed E-state index contributed by atoms with van der Waals surface area (Å²) in [5.41, 5.74) is 0.361. The summed E-state index contributed by atoms with van der Waals surface area (Å²) < 4.78 is 49.9. The molecule has 1 amide bonds. The Bertz CT molecular complexity index is 791. The molecule has 1 aliphatic heterocycles. The van der Waals surface area contributed by atoms with Crippen LogP contribution < -0.4 is 9.62 Å². The molecule has 1 aromatic carbocycles. The van der Waals surface area contributed by atoms with E-state index in [1.807, 2.05) is 0 Å². The Kier molecular flexibility index (Phi) is 5.51. The zero-order chi connectivity index (χ0) is 18.0. The molecule has 0 spiro atoms. The highest BCUT2D eigenvalue weighted by molar-refractivity contribution is 7.91. The van der Waals surface area contributed by atoms with E-state index >= 15 is 0 Å². The van der Waals surface area contributed by atoms with E-state index in [0.717, 1.165) is 8.61 Å². The van der Waals surface area contributed by atoms with E-state index in [-0.39, 0.29) is 11.5 Å². The van der Waals surface area contributed by atoms with Gasteiger partial charge >= 0.3 is 10.2 Å². The third-order valence-corrected chi connectivity index (χ3v) is 7.26. The first kappa shape index (κ1) is 18.7. The summed E-state index contributed by atoms with van der Waals surface area (Å²) in [4.78, 5) is 12.2. The van der Waals surface area contributed by atoms with Crippen LogP contribution in [-0.4, -0.2) is 65.2 Å². The summed E-state index contributed by atoms with van der Waals surface area (Å²) in [5, 5.41) is 2.60. The average molecular weight is 375 g/mol. The summed E-state index contributed by atoms with van der Waals surface area (Å²) in [5.74, 6) is -0.604. The number of carbonyl (C=O) groups is 1. The van der Waals surface area contributed by atoms with Gasteiger partial charge in [0.1, 0.15) is 6.54 Å². The zero-order valence-corrected chi connectivity index (χ0v) is 15.2. The van der Waals surface area contributed by atoms with Crippen molar-refractivity contribution < 1.29 is 21.6 Å². The second-order valence-corrected chi connectivity index (χ2v) is 10.1. The smallest absolute Gasteiger partial charge is 0.304 e. The quantitative estimate of drug-likeness (QED) is 0.729. The maximum atomic E-state index is 12.5. The lowest BCUT2D eigenvalue weighted by Gasteiger charge is -2.27. The molecule has 134 valence electrons.